The van der Waals surface area contributed by atoms with Crippen LogP contribution in [0.3, 0.4) is 0 Å². The van der Waals surface area contributed by atoms with Crippen LogP contribution in [-0.2, 0) is 38.8 Å². The van der Waals surface area contributed by atoms with E-state index in [2.05, 4.69) is 27.7 Å². The second-order valence-electron chi connectivity index (χ2n) is 10.8. The van der Waals surface area contributed by atoms with Gasteiger partial charge in [-0.3, -0.25) is 9.59 Å². The molecule has 0 aromatic heterocycles. The molecule has 0 bridgehead atoms. The van der Waals surface area contributed by atoms with Crippen LogP contribution in [0.5, 0.6) is 0 Å². The van der Waals surface area contributed by atoms with E-state index in [9.17, 15) is 42.4 Å². The molecule has 14 heteroatoms. The predicted molar refractivity (Wildman–Crippen MR) is 171 cm³/mol. The molecule has 3 atom stereocenters. The summed E-state index contributed by atoms with van der Waals surface area (Å²) in [4.78, 5) is 43.0. The van der Waals surface area contributed by atoms with Gasteiger partial charge in [0.2, 0.25) is 0 Å². The van der Waals surface area contributed by atoms with Crippen molar-refractivity contribution in [2.24, 2.45) is 11.8 Å². The van der Waals surface area contributed by atoms with E-state index in [1.807, 2.05) is 13.8 Å². The zero-order valence-corrected chi connectivity index (χ0v) is 35.0. The monoisotopic (exact) mass is 792 g/mol. The van der Waals surface area contributed by atoms with Gasteiger partial charge < -0.3 is 33.8 Å². The number of hydrogen-bond acceptors (Lipinski definition) is 11. The second kappa shape index (κ2) is 35.6. The van der Waals surface area contributed by atoms with E-state index in [1.54, 1.807) is 8.87 Å². The number of rotatable bonds is 24. The number of aliphatic carboxylic acids is 2. The van der Waals surface area contributed by atoms with Gasteiger partial charge >= 0.3 is 111 Å². The van der Waals surface area contributed by atoms with E-state index in [0.717, 1.165) is 51.4 Å². The van der Waals surface area contributed by atoms with Crippen LogP contribution in [0.1, 0.15) is 125 Å². The summed E-state index contributed by atoms with van der Waals surface area (Å²) < 4.78 is 47.8. The molecule has 0 aromatic carbocycles. The van der Waals surface area contributed by atoms with E-state index in [-0.39, 0.29) is 75.7 Å². The van der Waals surface area contributed by atoms with Crippen LogP contribution in [0, 0.1) is 11.8 Å². The van der Waals surface area contributed by atoms with Crippen molar-refractivity contribution in [1.29, 1.82) is 0 Å². The average Bonchev–Trinajstić information content (AvgIpc) is 2.99. The van der Waals surface area contributed by atoms with Gasteiger partial charge in [0.05, 0.1) is 31.6 Å². The fourth-order valence-corrected chi connectivity index (χ4v) is 8.48. The van der Waals surface area contributed by atoms with Crippen LogP contribution in [0.25, 0.3) is 0 Å². The average molecular weight is 792 g/mol. The fraction of sp³-hybridized carbons (Fsp3) is 0.812. The van der Waals surface area contributed by atoms with Gasteiger partial charge in [-0.05, 0) is 36.8 Å². The number of hydrogen-bond donors (Lipinski definition) is 0. The molecule has 262 valence electrons. The van der Waals surface area contributed by atoms with E-state index >= 15 is 0 Å². The van der Waals surface area contributed by atoms with Crippen molar-refractivity contribution in [1.82, 2.24) is 0 Å². The van der Waals surface area contributed by atoms with Gasteiger partial charge in [-0.2, -0.15) is 0 Å². The molecule has 0 aromatic rings. The molecular weight excluding hydrogens is 734 g/mol. The summed E-state index contributed by atoms with van der Waals surface area (Å²) in [6, 6.07) is 0. The van der Waals surface area contributed by atoms with Crippen LogP contribution in [0.4, 0.5) is 0 Å². The van der Waals surface area contributed by atoms with Crippen molar-refractivity contribution in [3.8, 4) is 0 Å². The zero-order chi connectivity index (χ0) is 35.1. The second-order valence-corrected chi connectivity index (χ2v) is 16.6. The van der Waals surface area contributed by atoms with Crippen molar-refractivity contribution in [2.45, 2.75) is 139 Å². The molecule has 0 amide bonds. The number of unbranched alkanes of at least 4 members (excludes halogenated alkanes) is 4. The maximum atomic E-state index is 12.1. The maximum Gasteiger partial charge on any atom is 1.00 e. The van der Waals surface area contributed by atoms with Crippen molar-refractivity contribution >= 4 is 55.1 Å². The number of carbonyl (C=O) groups is 4. The Balaban J connectivity index is -0.000000399. The molecule has 0 saturated carbocycles. The topological polar surface area (TPSA) is 190 Å². The molecule has 0 rings (SSSR count). The molecule has 0 aliphatic heterocycles. The summed E-state index contributed by atoms with van der Waals surface area (Å²) in [5.74, 6) is -4.84. The Morgan fingerprint density at radius 3 is 1.41 bits per heavy atom. The third kappa shape index (κ3) is 36.2. The summed E-state index contributed by atoms with van der Waals surface area (Å²) >= 11 is 0.149. The van der Waals surface area contributed by atoms with E-state index in [1.165, 1.54) is 25.7 Å². The molecule has 3 unspecified atom stereocenters. The number of ether oxygens (including phenoxy) is 2. The molecule has 46 heavy (non-hydrogen) atoms. The predicted octanol–water partition coefficient (Wildman–Crippen LogP) is 0.983. The summed E-state index contributed by atoms with van der Waals surface area (Å²) in [7, 11) is -5.01. The first-order chi connectivity index (χ1) is 21.2. The Morgan fingerprint density at radius 1 is 0.696 bits per heavy atom. The number of esters is 2. The van der Waals surface area contributed by atoms with Crippen LogP contribution in [0.2, 0.25) is 8.87 Å². The molecule has 0 spiro atoms. The van der Waals surface area contributed by atoms with Crippen molar-refractivity contribution < 1.29 is 81.4 Å². The minimum absolute atomic E-state index is 0. The molecule has 0 fully saturated rings. The van der Waals surface area contributed by atoms with E-state index in [0.29, 0.717) is 12.2 Å². The van der Waals surface area contributed by atoms with Gasteiger partial charge in [-0.1, -0.05) is 66.2 Å². The smallest absolute Gasteiger partial charge is 0.545 e. The van der Waals surface area contributed by atoms with Crippen LogP contribution in [0.15, 0.2) is 12.2 Å². The zero-order valence-electron chi connectivity index (χ0n) is 29.3. The van der Waals surface area contributed by atoms with Gasteiger partial charge in [-0.15, -0.1) is 0 Å². The Morgan fingerprint density at radius 2 is 1.09 bits per heavy atom. The molecule has 11 nitrogen and oxygen atoms in total. The standard InChI is InChI=1S/C20H38O7S.C4H4O4.2C4H9.Na.Sn/c1-5-9-11-16(7-3)14-26-19(21)13-18(28(23,24)25)20(22)27-15-17(8-4)12-10-6-2;5-3(6)1-2-4(7)8;2*1-3-4-2;;/h16-18H,5-15H2,1-4H3,(H,23,24,25);1-2H,(H,5,6)(H,7,8);2*1,3-4H2,2H3;;/q;;;;+1;+2/p-3/b;2-1-;;;;. The van der Waals surface area contributed by atoms with Gasteiger partial charge in [0, 0.05) is 0 Å². The maximum absolute atomic E-state index is 12.1. The first kappa shape index (κ1) is 52.1. The molecule has 0 radical (unpaired) electrons. The summed E-state index contributed by atoms with van der Waals surface area (Å²) in [5.41, 5.74) is 0. The molecule has 0 N–H and O–H groups in total. The third-order valence-corrected chi connectivity index (χ3v) is 11.9. The number of carboxylic acid groups (broad SMARTS) is 2. The molecule has 0 saturated heterocycles. The normalized spacial score (nSPS) is 12.5. The van der Waals surface area contributed by atoms with Gasteiger partial charge in [0.1, 0.15) is 10.1 Å². The first-order valence-corrected chi connectivity index (χ1v) is 21.8. The van der Waals surface area contributed by atoms with Gasteiger partial charge in [0.15, 0.2) is 5.25 Å². The van der Waals surface area contributed by atoms with Crippen molar-refractivity contribution in [3.63, 3.8) is 0 Å². The minimum atomic E-state index is -5.01. The first-order valence-electron chi connectivity index (χ1n) is 16.3. The minimum Gasteiger partial charge on any atom is -0.545 e. The van der Waals surface area contributed by atoms with E-state index in [4.69, 9.17) is 9.47 Å². The van der Waals surface area contributed by atoms with Crippen LogP contribution < -0.4 is 39.8 Å². The summed E-state index contributed by atoms with van der Waals surface area (Å²) in [6.45, 7) is 12.8. The Hall–Kier alpha value is -0.671. The summed E-state index contributed by atoms with van der Waals surface area (Å²) in [6.07, 6.45) is 13.2. The van der Waals surface area contributed by atoms with Crippen LogP contribution >= 0.6 is 0 Å². The number of carboxylic acids is 2. The van der Waals surface area contributed by atoms with Crippen molar-refractivity contribution in [2.75, 3.05) is 13.2 Å². The Kier molecular flexibility index (Phi) is 40.4. The molecule has 0 aliphatic rings. The largest absolute Gasteiger partial charge is 1.00 e. The van der Waals surface area contributed by atoms with Crippen molar-refractivity contribution in [3.05, 3.63) is 12.2 Å². The Bertz CT molecular complexity index is 892. The van der Waals surface area contributed by atoms with Crippen LogP contribution in [-0.4, -0.2) is 76.5 Å². The Labute approximate surface area is 310 Å². The number of carbonyl (C=O) groups excluding carboxylic acids is 4. The van der Waals surface area contributed by atoms with E-state index < -0.39 is 45.7 Å². The molecule has 0 aliphatic carbocycles. The SMILES string of the molecule is CCCCC(CC)COC(=O)CC(C(=O)OCC(CC)CCCC)S(=O)(=O)[O-].CCC[CH2][Sn+2][CH2]CCC.O=C([O-])/C=C\C(=O)[O-].[Na+]. The van der Waals surface area contributed by atoms with Gasteiger partial charge in [-0.25, -0.2) is 8.42 Å². The molecular formula is C32H57NaO11SSn. The quantitative estimate of drug-likeness (QED) is 0.0446. The van der Waals surface area contributed by atoms with Gasteiger partial charge in [0.25, 0.3) is 0 Å². The fourth-order valence-electron chi connectivity index (χ4n) is 3.68. The third-order valence-electron chi connectivity index (χ3n) is 6.76. The molecule has 0 heterocycles. The summed E-state index contributed by atoms with van der Waals surface area (Å²) in [5, 5.41) is 16.8.